The Labute approximate surface area is 146 Å². The van der Waals surface area contributed by atoms with Crippen LogP contribution in [0.25, 0.3) is 0 Å². The molecule has 0 bridgehead atoms. The molecule has 8 heteroatoms. The van der Waals surface area contributed by atoms with Crippen LogP contribution in [0.1, 0.15) is 5.56 Å². The van der Waals surface area contributed by atoms with E-state index in [1.807, 2.05) is 24.3 Å². The molecule has 0 spiro atoms. The first-order valence-electron chi connectivity index (χ1n) is 5.66. The number of rotatable bonds is 4. The molecular weight excluding hydrogens is 448 g/mol. The van der Waals surface area contributed by atoms with Gasteiger partial charge in [-0.3, -0.25) is 0 Å². The highest BCUT2D eigenvalue weighted by molar-refractivity contribution is 14.1. The Morgan fingerprint density at radius 1 is 1.10 bits per heavy atom. The van der Waals surface area contributed by atoms with E-state index in [-0.39, 0.29) is 27.3 Å². The molecule has 21 heavy (non-hydrogen) atoms. The van der Waals surface area contributed by atoms with Gasteiger partial charge in [0.15, 0.2) is 5.75 Å². The Morgan fingerprint density at radius 2 is 1.62 bits per heavy atom. The van der Waals surface area contributed by atoms with Crippen molar-refractivity contribution in [2.45, 2.75) is 11.5 Å². The van der Waals surface area contributed by atoms with Gasteiger partial charge >= 0.3 is 0 Å². The monoisotopic (exact) mass is 457 g/mol. The molecule has 0 saturated heterocycles. The van der Waals surface area contributed by atoms with Crippen LogP contribution in [0.15, 0.2) is 41.3 Å². The number of primary sulfonamides is 1. The molecular formula is C13H10Cl2INO3S. The van der Waals surface area contributed by atoms with Crippen molar-refractivity contribution in [1.29, 1.82) is 0 Å². The lowest BCUT2D eigenvalue weighted by Crippen LogP contribution is -2.12. The highest BCUT2D eigenvalue weighted by Crippen LogP contribution is 2.35. The molecule has 2 N–H and O–H groups in total. The Kier molecular flexibility index (Phi) is 5.37. The maximum atomic E-state index is 11.3. The normalized spacial score (nSPS) is 11.4. The summed E-state index contributed by atoms with van der Waals surface area (Å²) in [6, 6.07) is 10.2. The van der Waals surface area contributed by atoms with Gasteiger partial charge in [-0.05, 0) is 52.4 Å². The van der Waals surface area contributed by atoms with Crippen molar-refractivity contribution in [2.24, 2.45) is 5.14 Å². The molecule has 0 heterocycles. The average molecular weight is 458 g/mol. The van der Waals surface area contributed by atoms with Gasteiger partial charge < -0.3 is 4.74 Å². The van der Waals surface area contributed by atoms with Crippen LogP contribution in [0.2, 0.25) is 10.0 Å². The third-order valence-electron chi connectivity index (χ3n) is 2.60. The van der Waals surface area contributed by atoms with Gasteiger partial charge in [0.1, 0.15) is 6.61 Å². The molecule has 0 aliphatic carbocycles. The van der Waals surface area contributed by atoms with Gasteiger partial charge in [0.25, 0.3) is 0 Å². The number of hydrogen-bond acceptors (Lipinski definition) is 3. The molecule has 2 aromatic rings. The molecule has 0 aliphatic heterocycles. The Balaban J connectivity index is 2.23. The highest BCUT2D eigenvalue weighted by atomic mass is 127. The van der Waals surface area contributed by atoms with Crippen LogP contribution >= 0.6 is 45.8 Å². The fourth-order valence-electron chi connectivity index (χ4n) is 1.57. The largest absolute Gasteiger partial charge is 0.486 e. The molecule has 0 aliphatic rings. The van der Waals surface area contributed by atoms with E-state index in [4.69, 9.17) is 33.1 Å². The first kappa shape index (κ1) is 16.8. The second kappa shape index (κ2) is 6.70. The van der Waals surface area contributed by atoms with E-state index < -0.39 is 10.0 Å². The number of benzene rings is 2. The van der Waals surface area contributed by atoms with Crippen molar-refractivity contribution in [2.75, 3.05) is 0 Å². The summed E-state index contributed by atoms with van der Waals surface area (Å²) in [5.74, 6) is 0.226. The van der Waals surface area contributed by atoms with Crippen LogP contribution in [0, 0.1) is 3.57 Å². The maximum Gasteiger partial charge on any atom is 0.238 e. The van der Waals surface area contributed by atoms with E-state index in [0.29, 0.717) is 0 Å². The van der Waals surface area contributed by atoms with E-state index in [1.165, 1.54) is 12.1 Å². The molecule has 0 aromatic heterocycles. The van der Waals surface area contributed by atoms with Crippen LogP contribution in [0.5, 0.6) is 5.75 Å². The average Bonchev–Trinajstić information content (AvgIpc) is 2.38. The number of halogens is 3. The predicted molar refractivity (Wildman–Crippen MR) is 91.3 cm³/mol. The molecule has 0 fully saturated rings. The number of nitrogens with two attached hydrogens (primary N) is 1. The molecule has 0 saturated carbocycles. The van der Waals surface area contributed by atoms with E-state index in [9.17, 15) is 8.42 Å². The van der Waals surface area contributed by atoms with Crippen molar-refractivity contribution in [1.82, 2.24) is 0 Å². The Morgan fingerprint density at radius 3 is 2.10 bits per heavy atom. The summed E-state index contributed by atoms with van der Waals surface area (Å²) < 4.78 is 29.2. The molecule has 0 amide bonds. The summed E-state index contributed by atoms with van der Waals surface area (Å²) in [5.41, 5.74) is 0.943. The number of hydrogen-bond donors (Lipinski definition) is 1. The zero-order valence-corrected chi connectivity index (χ0v) is 15.0. The molecule has 2 aromatic carbocycles. The molecule has 112 valence electrons. The lowest BCUT2D eigenvalue weighted by molar-refractivity contribution is 0.306. The van der Waals surface area contributed by atoms with Gasteiger partial charge in [0.05, 0.1) is 14.9 Å². The quantitative estimate of drug-likeness (QED) is 0.709. The van der Waals surface area contributed by atoms with Gasteiger partial charge in [0.2, 0.25) is 10.0 Å². The molecule has 4 nitrogen and oxygen atoms in total. The Hall–Kier alpha value is -0.540. The molecule has 0 atom stereocenters. The SMILES string of the molecule is NS(=O)(=O)c1cc(Cl)c(OCc2ccc(I)cc2)c(Cl)c1. The number of sulfonamides is 1. The van der Waals surface area contributed by atoms with Crippen molar-refractivity contribution in [3.8, 4) is 5.75 Å². The summed E-state index contributed by atoms with van der Waals surface area (Å²) in [5, 5.41) is 5.23. The second-order valence-electron chi connectivity index (χ2n) is 4.18. The summed E-state index contributed by atoms with van der Waals surface area (Å²) >= 11 is 14.2. The fraction of sp³-hybridized carbons (Fsp3) is 0.0769. The zero-order valence-electron chi connectivity index (χ0n) is 10.5. The van der Waals surface area contributed by atoms with E-state index in [0.717, 1.165) is 9.13 Å². The van der Waals surface area contributed by atoms with Gasteiger partial charge in [-0.15, -0.1) is 0 Å². The van der Waals surface area contributed by atoms with Gasteiger partial charge in [-0.1, -0.05) is 35.3 Å². The third-order valence-corrected chi connectivity index (χ3v) is 4.77. The van der Waals surface area contributed by atoms with Gasteiger partial charge in [-0.25, -0.2) is 13.6 Å². The first-order valence-corrected chi connectivity index (χ1v) is 9.04. The van der Waals surface area contributed by atoms with E-state index in [2.05, 4.69) is 22.6 Å². The lowest BCUT2D eigenvalue weighted by atomic mass is 10.2. The van der Waals surface area contributed by atoms with Crippen LogP contribution in [-0.4, -0.2) is 8.42 Å². The fourth-order valence-corrected chi connectivity index (χ4v) is 3.22. The highest BCUT2D eigenvalue weighted by Gasteiger charge is 2.15. The van der Waals surface area contributed by atoms with Crippen LogP contribution in [-0.2, 0) is 16.6 Å². The minimum absolute atomic E-state index is 0.0945. The predicted octanol–water partition coefficient (Wildman–Crippen LogP) is 3.82. The summed E-state index contributed by atoms with van der Waals surface area (Å²) in [7, 11) is -3.86. The topological polar surface area (TPSA) is 69.4 Å². The van der Waals surface area contributed by atoms with Gasteiger partial charge in [0, 0.05) is 3.57 Å². The third kappa shape index (κ3) is 4.46. The van der Waals surface area contributed by atoms with Crippen LogP contribution in [0.4, 0.5) is 0 Å². The lowest BCUT2D eigenvalue weighted by Gasteiger charge is -2.11. The van der Waals surface area contributed by atoms with Crippen LogP contribution < -0.4 is 9.88 Å². The molecule has 2 rings (SSSR count). The summed E-state index contributed by atoms with van der Waals surface area (Å²) in [4.78, 5) is -0.154. The van der Waals surface area contributed by atoms with E-state index >= 15 is 0 Å². The summed E-state index contributed by atoms with van der Waals surface area (Å²) in [6.45, 7) is 0.269. The summed E-state index contributed by atoms with van der Waals surface area (Å²) in [6.07, 6.45) is 0. The van der Waals surface area contributed by atoms with Crippen molar-refractivity contribution < 1.29 is 13.2 Å². The number of ether oxygens (including phenoxy) is 1. The smallest absolute Gasteiger partial charge is 0.238 e. The second-order valence-corrected chi connectivity index (χ2v) is 7.80. The first-order chi connectivity index (χ1) is 9.77. The minimum Gasteiger partial charge on any atom is -0.486 e. The van der Waals surface area contributed by atoms with Gasteiger partial charge in [-0.2, -0.15) is 0 Å². The van der Waals surface area contributed by atoms with Crippen molar-refractivity contribution in [3.05, 3.63) is 55.6 Å². The molecule has 0 unspecified atom stereocenters. The maximum absolute atomic E-state index is 11.3. The minimum atomic E-state index is -3.86. The molecule has 0 radical (unpaired) electrons. The van der Waals surface area contributed by atoms with E-state index in [1.54, 1.807) is 0 Å². The van der Waals surface area contributed by atoms with Crippen molar-refractivity contribution >= 4 is 55.8 Å². The Bertz CT molecular complexity index is 740. The van der Waals surface area contributed by atoms with Crippen LogP contribution in [0.3, 0.4) is 0 Å². The standard InChI is InChI=1S/C13H10Cl2INO3S/c14-11-5-10(21(17,18)19)6-12(15)13(11)20-7-8-1-3-9(16)4-2-8/h1-6H,7H2,(H2,17,18,19). The van der Waals surface area contributed by atoms with Crippen molar-refractivity contribution in [3.63, 3.8) is 0 Å². The zero-order chi connectivity index (χ0) is 15.6.